The molecule has 0 spiro atoms. The minimum atomic E-state index is 0.959. The third kappa shape index (κ3) is 4.78. The second kappa shape index (κ2) is 12.2. The Hall–Kier alpha value is -7.07. The van der Waals surface area contributed by atoms with Gasteiger partial charge in [0.05, 0.1) is 32.6 Å². The van der Waals surface area contributed by atoms with Crippen molar-refractivity contribution >= 4 is 69.6 Å². The molecule has 56 heavy (non-hydrogen) atoms. The molecule has 4 aromatic heterocycles. The van der Waals surface area contributed by atoms with Gasteiger partial charge in [-0.2, -0.15) is 0 Å². The lowest BCUT2D eigenvalue weighted by atomic mass is 9.96. The first-order valence-corrected chi connectivity index (χ1v) is 19.9. The summed E-state index contributed by atoms with van der Waals surface area (Å²) in [6.45, 7) is 0. The van der Waals surface area contributed by atoms with Crippen LogP contribution in [-0.2, 0) is 0 Å². The van der Waals surface area contributed by atoms with Crippen LogP contribution >= 0.6 is 11.3 Å². The minimum absolute atomic E-state index is 0.959. The summed E-state index contributed by atoms with van der Waals surface area (Å²) in [5.74, 6) is 0. The average molecular weight is 729 g/mol. The standard InChI is InChI=1S/C53H32N2S/c1-4-13-33(14-5-1)39-29-45-42-24-25-43-41-21-10-11-22-50(41)56-53(43)52(42)55-49-26-23-37(28-44(49)46(30-39)51(45)55)36-19-12-20-38(27-36)48-32-40(34-15-6-2-7-16-34)31-47(54-48)35-17-8-3-9-18-35/h1-32H. The van der Waals surface area contributed by atoms with Crippen molar-refractivity contribution in [2.45, 2.75) is 0 Å². The second-order valence-corrected chi connectivity index (χ2v) is 15.8. The molecule has 0 amide bonds. The zero-order chi connectivity index (χ0) is 36.7. The second-order valence-electron chi connectivity index (χ2n) is 14.7. The van der Waals surface area contributed by atoms with E-state index in [0.29, 0.717) is 0 Å². The molecule has 0 fully saturated rings. The Morgan fingerprint density at radius 3 is 1.62 bits per heavy atom. The largest absolute Gasteiger partial charge is 0.307 e. The fourth-order valence-electron chi connectivity index (χ4n) is 8.87. The number of aromatic nitrogens is 2. The first-order valence-electron chi connectivity index (χ1n) is 19.1. The van der Waals surface area contributed by atoms with Crippen LogP contribution in [0.1, 0.15) is 0 Å². The molecule has 0 radical (unpaired) electrons. The fourth-order valence-corrected chi connectivity index (χ4v) is 10.1. The molecule has 260 valence electrons. The van der Waals surface area contributed by atoms with Gasteiger partial charge in [-0.3, -0.25) is 0 Å². The fraction of sp³-hybridized carbons (Fsp3) is 0. The van der Waals surface area contributed by atoms with Crippen molar-refractivity contribution in [2.24, 2.45) is 0 Å². The van der Waals surface area contributed by atoms with Crippen molar-refractivity contribution in [3.8, 4) is 55.9 Å². The van der Waals surface area contributed by atoms with Gasteiger partial charge < -0.3 is 4.40 Å². The molecule has 0 saturated heterocycles. The van der Waals surface area contributed by atoms with Gasteiger partial charge >= 0.3 is 0 Å². The Morgan fingerprint density at radius 2 is 0.875 bits per heavy atom. The lowest BCUT2D eigenvalue weighted by molar-refractivity contribution is 1.32. The molecule has 2 nitrogen and oxygen atoms in total. The molecule has 8 aromatic carbocycles. The Bertz CT molecular complexity index is 3390. The third-order valence-corrected chi connectivity index (χ3v) is 12.7. The van der Waals surface area contributed by atoms with Crippen LogP contribution in [0.25, 0.3) is 114 Å². The van der Waals surface area contributed by atoms with Crippen molar-refractivity contribution < 1.29 is 0 Å². The van der Waals surface area contributed by atoms with E-state index in [1.54, 1.807) is 0 Å². The summed E-state index contributed by atoms with van der Waals surface area (Å²) >= 11 is 1.91. The van der Waals surface area contributed by atoms with E-state index in [-0.39, 0.29) is 0 Å². The lowest BCUT2D eigenvalue weighted by Gasteiger charge is -2.12. The SMILES string of the molecule is c1ccc(-c2cc(-c3ccccc3)nc(-c3cccc(-c4ccc5c(c4)c4cc(-c6ccccc6)cc6c7ccc8c9ccccc9sc8c7n5c46)c3)c2)cc1. The van der Waals surface area contributed by atoms with Crippen LogP contribution in [0.15, 0.2) is 194 Å². The van der Waals surface area contributed by atoms with Crippen molar-refractivity contribution in [2.75, 3.05) is 0 Å². The molecule has 0 aliphatic rings. The number of thiophene rings is 1. The number of pyridine rings is 1. The zero-order valence-electron chi connectivity index (χ0n) is 30.3. The van der Waals surface area contributed by atoms with Crippen molar-refractivity contribution in [1.29, 1.82) is 0 Å². The lowest BCUT2D eigenvalue weighted by Crippen LogP contribution is -1.91. The van der Waals surface area contributed by atoms with Crippen LogP contribution in [0.5, 0.6) is 0 Å². The highest BCUT2D eigenvalue weighted by atomic mass is 32.1. The Morgan fingerprint density at radius 1 is 0.321 bits per heavy atom. The van der Waals surface area contributed by atoms with Crippen molar-refractivity contribution in [3.63, 3.8) is 0 Å². The predicted octanol–water partition coefficient (Wildman–Crippen LogP) is 14.9. The van der Waals surface area contributed by atoms with Gasteiger partial charge in [-0.15, -0.1) is 11.3 Å². The number of hydrogen-bond donors (Lipinski definition) is 0. The number of nitrogens with zero attached hydrogens (tertiary/aromatic N) is 2. The van der Waals surface area contributed by atoms with E-state index in [0.717, 1.165) is 28.1 Å². The van der Waals surface area contributed by atoms with E-state index in [4.69, 9.17) is 4.98 Å². The summed E-state index contributed by atoms with van der Waals surface area (Å²) in [6.07, 6.45) is 0. The van der Waals surface area contributed by atoms with Crippen molar-refractivity contribution in [3.05, 3.63) is 194 Å². The van der Waals surface area contributed by atoms with Crippen LogP contribution < -0.4 is 0 Å². The maximum Gasteiger partial charge on any atom is 0.0720 e. The molecule has 0 N–H and O–H groups in total. The van der Waals surface area contributed by atoms with Gasteiger partial charge in [0.25, 0.3) is 0 Å². The van der Waals surface area contributed by atoms with Crippen LogP contribution in [0, 0.1) is 0 Å². The van der Waals surface area contributed by atoms with E-state index in [2.05, 4.69) is 199 Å². The molecule has 12 rings (SSSR count). The Kier molecular flexibility index (Phi) is 6.83. The summed E-state index contributed by atoms with van der Waals surface area (Å²) in [7, 11) is 0. The van der Waals surface area contributed by atoms with Gasteiger partial charge in [-0.05, 0) is 81.9 Å². The molecule has 0 atom stereocenters. The molecule has 12 aromatic rings. The monoisotopic (exact) mass is 728 g/mol. The summed E-state index contributed by atoms with van der Waals surface area (Å²) in [5.41, 5.74) is 15.1. The summed E-state index contributed by atoms with van der Waals surface area (Å²) in [6, 6.07) is 70.6. The molecular weight excluding hydrogens is 697 g/mol. The molecule has 0 bridgehead atoms. The molecule has 4 heterocycles. The first-order chi connectivity index (χ1) is 27.7. The summed E-state index contributed by atoms with van der Waals surface area (Å²) in [5, 5.41) is 7.80. The topological polar surface area (TPSA) is 17.3 Å². The van der Waals surface area contributed by atoms with Crippen LogP contribution in [0.4, 0.5) is 0 Å². The quantitative estimate of drug-likeness (QED) is 0.172. The number of benzene rings is 8. The normalized spacial score (nSPS) is 11.9. The van der Waals surface area contributed by atoms with E-state index >= 15 is 0 Å². The van der Waals surface area contributed by atoms with E-state index in [9.17, 15) is 0 Å². The Labute approximate surface area is 327 Å². The van der Waals surface area contributed by atoms with Gasteiger partial charge in [0.2, 0.25) is 0 Å². The number of rotatable bonds is 5. The van der Waals surface area contributed by atoms with Gasteiger partial charge in [0.1, 0.15) is 0 Å². The van der Waals surface area contributed by atoms with Gasteiger partial charge in [0.15, 0.2) is 0 Å². The van der Waals surface area contributed by atoms with E-state index < -0.39 is 0 Å². The zero-order valence-corrected chi connectivity index (χ0v) is 31.1. The first kappa shape index (κ1) is 31.3. The maximum absolute atomic E-state index is 5.24. The predicted molar refractivity (Wildman–Crippen MR) is 239 cm³/mol. The van der Waals surface area contributed by atoms with E-state index in [1.807, 2.05) is 11.3 Å². The van der Waals surface area contributed by atoms with E-state index in [1.165, 1.54) is 86.1 Å². The molecule has 3 heteroatoms. The van der Waals surface area contributed by atoms with Crippen LogP contribution in [-0.4, -0.2) is 9.38 Å². The van der Waals surface area contributed by atoms with Gasteiger partial charge in [0, 0.05) is 48.1 Å². The highest BCUT2D eigenvalue weighted by Gasteiger charge is 2.22. The summed E-state index contributed by atoms with van der Waals surface area (Å²) < 4.78 is 5.22. The molecule has 0 aliphatic heterocycles. The number of fused-ring (bicyclic) bond motifs is 10. The van der Waals surface area contributed by atoms with Gasteiger partial charge in [-0.1, -0.05) is 146 Å². The van der Waals surface area contributed by atoms with Crippen LogP contribution in [0.3, 0.4) is 0 Å². The molecule has 0 aliphatic carbocycles. The molecule has 0 saturated carbocycles. The third-order valence-electron chi connectivity index (χ3n) is 11.5. The highest BCUT2D eigenvalue weighted by Crippen LogP contribution is 2.47. The molecular formula is C53H32N2S. The number of hydrogen-bond acceptors (Lipinski definition) is 2. The smallest absolute Gasteiger partial charge is 0.0720 e. The van der Waals surface area contributed by atoms with Gasteiger partial charge in [-0.25, -0.2) is 4.98 Å². The minimum Gasteiger partial charge on any atom is -0.307 e. The summed E-state index contributed by atoms with van der Waals surface area (Å²) in [4.78, 5) is 5.24. The van der Waals surface area contributed by atoms with Crippen molar-refractivity contribution in [1.82, 2.24) is 9.38 Å². The Balaban J connectivity index is 1.08. The molecule has 0 unspecified atom stereocenters. The van der Waals surface area contributed by atoms with Crippen LogP contribution in [0.2, 0.25) is 0 Å². The average Bonchev–Trinajstić information content (AvgIpc) is 3.93. The maximum atomic E-state index is 5.24. The highest BCUT2D eigenvalue weighted by molar-refractivity contribution is 7.26.